The number of hydrogen-bond acceptors (Lipinski definition) is 4. The minimum absolute atomic E-state index is 0.309. The molecule has 0 saturated carbocycles. The van der Waals surface area contributed by atoms with Crippen LogP contribution in [0.25, 0.3) is 0 Å². The van der Waals surface area contributed by atoms with Crippen LogP contribution >= 0.6 is 0 Å². The summed E-state index contributed by atoms with van der Waals surface area (Å²) < 4.78 is 14.8. The molecule has 1 unspecified atom stereocenters. The fourth-order valence-corrected chi connectivity index (χ4v) is 6.41. The molecule has 0 amide bonds. The summed E-state index contributed by atoms with van der Waals surface area (Å²) in [6.07, 6.45) is 4.53. The van der Waals surface area contributed by atoms with Crippen molar-refractivity contribution in [1.82, 2.24) is 4.57 Å². The maximum Gasteiger partial charge on any atom is 0.427 e. The molecule has 1 rings (SSSR count). The molecule has 1 atom stereocenters. The molecule has 0 aromatic carbocycles. The average molecular weight is 301 g/mol. The lowest BCUT2D eigenvalue weighted by molar-refractivity contribution is 0.106. The first-order valence-electron chi connectivity index (χ1n) is 8.10. The Morgan fingerprint density at radius 1 is 1.15 bits per heavy atom. The van der Waals surface area contributed by atoms with Gasteiger partial charge in [0.2, 0.25) is 0 Å². The summed E-state index contributed by atoms with van der Waals surface area (Å²) in [4.78, 5) is 4.65. The molecule has 1 fully saturated rings. The van der Waals surface area contributed by atoms with Crippen molar-refractivity contribution in [1.29, 1.82) is 0 Å². The van der Waals surface area contributed by atoms with E-state index in [-0.39, 0.29) is 0 Å². The van der Waals surface area contributed by atoms with E-state index in [1.807, 2.05) is 0 Å². The topological polar surface area (TPSA) is 34.1 Å². The molecular formula is C15H32N2O2Si. The number of hydrogen-bond donors (Lipinski definition) is 0. The Morgan fingerprint density at radius 3 is 2.35 bits per heavy atom. The summed E-state index contributed by atoms with van der Waals surface area (Å²) in [6, 6.07) is 1.40. The number of nitrogens with zero attached hydrogens (tertiary/aromatic N) is 2. The van der Waals surface area contributed by atoms with Gasteiger partial charge in [0.1, 0.15) is 0 Å². The molecule has 0 radical (unpaired) electrons. The Bertz CT molecular complexity index is 286. The highest BCUT2D eigenvalue weighted by Gasteiger charge is 2.46. The van der Waals surface area contributed by atoms with Gasteiger partial charge in [0.15, 0.2) is 0 Å². The smallest absolute Gasteiger partial charge is 0.383 e. The van der Waals surface area contributed by atoms with Crippen LogP contribution in [0.15, 0.2) is 4.99 Å². The van der Waals surface area contributed by atoms with E-state index in [1.54, 1.807) is 0 Å². The zero-order valence-corrected chi connectivity index (χ0v) is 14.9. The second-order valence-corrected chi connectivity index (χ2v) is 9.01. The van der Waals surface area contributed by atoms with Crippen LogP contribution in [-0.2, 0) is 8.85 Å². The van der Waals surface area contributed by atoms with Crippen molar-refractivity contribution < 1.29 is 8.85 Å². The van der Waals surface area contributed by atoms with Crippen LogP contribution in [0.4, 0.5) is 0 Å². The first kappa shape index (κ1) is 17.8. The lowest BCUT2D eigenvalue weighted by Crippen LogP contribution is -2.62. The van der Waals surface area contributed by atoms with E-state index in [2.05, 4.69) is 50.4 Å². The molecule has 0 aromatic heterocycles. The summed E-state index contributed by atoms with van der Waals surface area (Å²) >= 11 is 0. The van der Waals surface area contributed by atoms with E-state index in [0.717, 1.165) is 32.3 Å². The monoisotopic (exact) mass is 300 g/mol. The van der Waals surface area contributed by atoms with E-state index in [0.29, 0.717) is 12.0 Å². The molecule has 1 aliphatic rings. The van der Waals surface area contributed by atoms with Crippen molar-refractivity contribution in [2.24, 2.45) is 10.9 Å². The van der Waals surface area contributed by atoms with Gasteiger partial charge in [-0.1, -0.05) is 13.8 Å². The predicted octanol–water partition coefficient (Wildman–Crippen LogP) is 3.21. The molecule has 4 nitrogen and oxygen atoms in total. The summed E-state index contributed by atoms with van der Waals surface area (Å²) in [5.74, 6) is 0.514. The second-order valence-electron chi connectivity index (χ2n) is 5.87. The van der Waals surface area contributed by atoms with E-state index in [1.165, 1.54) is 12.8 Å². The lowest BCUT2D eigenvalue weighted by atomic mass is 10.2. The first-order chi connectivity index (χ1) is 9.54. The van der Waals surface area contributed by atoms with Crippen LogP contribution in [-0.4, -0.2) is 51.8 Å². The highest BCUT2D eigenvalue weighted by Crippen LogP contribution is 2.27. The fourth-order valence-electron chi connectivity index (χ4n) is 2.71. The predicted molar refractivity (Wildman–Crippen MR) is 87.4 cm³/mol. The molecule has 20 heavy (non-hydrogen) atoms. The highest BCUT2D eigenvalue weighted by atomic mass is 28.4. The van der Waals surface area contributed by atoms with Crippen LogP contribution in [0.3, 0.4) is 0 Å². The molecular weight excluding hydrogens is 268 g/mol. The average Bonchev–Trinajstić information content (AvgIpc) is 2.40. The van der Waals surface area contributed by atoms with Gasteiger partial charge >= 0.3 is 8.72 Å². The Labute approximate surface area is 125 Å². The molecule has 0 bridgehead atoms. The molecule has 0 aromatic rings. The minimum atomic E-state index is -2.17. The summed E-state index contributed by atoms with van der Waals surface area (Å²) in [6.45, 7) is 14.2. The van der Waals surface area contributed by atoms with Gasteiger partial charge in [0.25, 0.3) is 0 Å². The molecule has 118 valence electrons. The SMILES string of the molecule is CCO[Si]1(OCC)CCCCN1CC(C)N=CC(C)C. The molecule has 0 N–H and O–H groups in total. The second kappa shape index (κ2) is 8.92. The van der Waals surface area contributed by atoms with Gasteiger partial charge in [-0.3, -0.25) is 9.56 Å². The maximum atomic E-state index is 6.14. The van der Waals surface area contributed by atoms with Crippen molar-refractivity contribution in [3.63, 3.8) is 0 Å². The zero-order chi connectivity index (χ0) is 15.0. The Balaban J connectivity index is 2.71. The van der Waals surface area contributed by atoms with Crippen molar-refractivity contribution >= 4 is 14.9 Å². The largest absolute Gasteiger partial charge is 0.427 e. The van der Waals surface area contributed by atoms with E-state index >= 15 is 0 Å². The van der Waals surface area contributed by atoms with Gasteiger partial charge in [-0.15, -0.1) is 0 Å². The zero-order valence-electron chi connectivity index (χ0n) is 13.9. The Kier molecular flexibility index (Phi) is 7.95. The van der Waals surface area contributed by atoms with Crippen molar-refractivity contribution in [2.75, 3.05) is 26.3 Å². The minimum Gasteiger partial charge on any atom is -0.383 e. The number of rotatable bonds is 8. The summed E-state index contributed by atoms with van der Waals surface area (Å²) in [7, 11) is -2.17. The lowest BCUT2D eigenvalue weighted by Gasteiger charge is -2.43. The summed E-state index contributed by atoms with van der Waals surface area (Å²) in [5.41, 5.74) is 0. The van der Waals surface area contributed by atoms with E-state index in [4.69, 9.17) is 8.85 Å². The third-order valence-electron chi connectivity index (χ3n) is 3.52. The van der Waals surface area contributed by atoms with Gasteiger partial charge in [0.05, 0.1) is 6.04 Å². The van der Waals surface area contributed by atoms with Gasteiger partial charge in [-0.2, -0.15) is 0 Å². The number of aliphatic imine (C=N–C) groups is 1. The van der Waals surface area contributed by atoms with Crippen LogP contribution in [0.5, 0.6) is 0 Å². The molecule has 0 aliphatic carbocycles. The molecule has 1 saturated heterocycles. The summed E-state index contributed by atoms with van der Waals surface area (Å²) in [5, 5.41) is 0. The van der Waals surface area contributed by atoms with Crippen LogP contribution < -0.4 is 0 Å². The standard InChI is InChI=1S/C15H32N2O2Si/c1-6-18-20(19-7-2)11-9-8-10-17(20)13-15(5)16-12-14(3)4/h12,14-15H,6-11,13H2,1-5H3. The van der Waals surface area contributed by atoms with E-state index in [9.17, 15) is 0 Å². The van der Waals surface area contributed by atoms with Crippen LogP contribution in [0.2, 0.25) is 6.04 Å². The van der Waals surface area contributed by atoms with E-state index < -0.39 is 8.72 Å². The fraction of sp³-hybridized carbons (Fsp3) is 0.933. The molecule has 1 aliphatic heterocycles. The van der Waals surface area contributed by atoms with Crippen LogP contribution in [0.1, 0.15) is 47.5 Å². The first-order valence-corrected chi connectivity index (χ1v) is 10.1. The Morgan fingerprint density at radius 2 is 1.80 bits per heavy atom. The van der Waals surface area contributed by atoms with Gasteiger partial charge < -0.3 is 8.85 Å². The van der Waals surface area contributed by atoms with Gasteiger partial charge in [-0.05, 0) is 46.1 Å². The molecule has 0 spiro atoms. The molecule has 5 heteroatoms. The quantitative estimate of drug-likeness (QED) is 0.510. The van der Waals surface area contributed by atoms with Crippen LogP contribution in [0, 0.1) is 5.92 Å². The van der Waals surface area contributed by atoms with Crippen molar-refractivity contribution in [2.45, 2.75) is 59.5 Å². The van der Waals surface area contributed by atoms with Crippen molar-refractivity contribution in [3.8, 4) is 0 Å². The Hall–Kier alpha value is -0.233. The normalized spacial score (nSPS) is 21.7. The van der Waals surface area contributed by atoms with Crippen molar-refractivity contribution in [3.05, 3.63) is 0 Å². The highest BCUT2D eigenvalue weighted by molar-refractivity contribution is 6.64. The molecule has 1 heterocycles. The third-order valence-corrected chi connectivity index (χ3v) is 7.35. The maximum absolute atomic E-state index is 6.14. The van der Waals surface area contributed by atoms with Gasteiger partial charge in [0, 0.05) is 32.0 Å². The van der Waals surface area contributed by atoms with Gasteiger partial charge in [-0.25, -0.2) is 0 Å². The third kappa shape index (κ3) is 5.28.